The van der Waals surface area contributed by atoms with Crippen molar-refractivity contribution in [1.29, 1.82) is 0 Å². The Morgan fingerprint density at radius 2 is 2.16 bits per heavy atom. The minimum absolute atomic E-state index is 0.243. The number of imidazole rings is 1. The van der Waals surface area contributed by atoms with Crippen LogP contribution in [-0.2, 0) is 11.8 Å². The molecule has 104 valence electrons. The van der Waals surface area contributed by atoms with E-state index in [4.69, 9.17) is 4.74 Å². The Bertz CT molecular complexity index is 497. The highest BCUT2D eigenvalue weighted by Gasteiger charge is 2.24. The maximum Gasteiger partial charge on any atom is 0.410 e. The Hall–Kier alpha value is -1.78. The summed E-state index contributed by atoms with van der Waals surface area (Å²) in [6.45, 7) is 6.92. The smallest absolute Gasteiger partial charge is 0.410 e. The Morgan fingerprint density at radius 3 is 2.63 bits per heavy atom. The third-order valence-electron chi connectivity index (χ3n) is 3.01. The first-order valence-electron chi connectivity index (χ1n) is 6.50. The minimum Gasteiger partial charge on any atom is -0.444 e. The highest BCUT2D eigenvalue weighted by atomic mass is 16.6. The SMILES string of the molecule is Cn1cncc1C1=CCN(C(=O)OC(C)(C)C)CC1. The number of hydrogen-bond donors (Lipinski definition) is 0. The molecule has 1 aliphatic heterocycles. The van der Waals surface area contributed by atoms with Gasteiger partial charge < -0.3 is 14.2 Å². The van der Waals surface area contributed by atoms with Crippen molar-refractivity contribution < 1.29 is 9.53 Å². The van der Waals surface area contributed by atoms with Gasteiger partial charge in [0.1, 0.15) is 5.60 Å². The number of ether oxygens (including phenoxy) is 1. The maximum absolute atomic E-state index is 11.9. The molecule has 0 saturated carbocycles. The Morgan fingerprint density at radius 1 is 1.42 bits per heavy atom. The second-order valence-electron chi connectivity index (χ2n) is 5.80. The zero-order chi connectivity index (χ0) is 14.0. The van der Waals surface area contributed by atoms with Gasteiger partial charge in [0.25, 0.3) is 0 Å². The highest BCUT2D eigenvalue weighted by Crippen LogP contribution is 2.22. The Kier molecular flexibility index (Phi) is 3.64. The molecule has 0 unspecified atom stereocenters. The monoisotopic (exact) mass is 263 g/mol. The third kappa shape index (κ3) is 3.36. The summed E-state index contributed by atoms with van der Waals surface area (Å²) in [6.07, 6.45) is 6.31. The highest BCUT2D eigenvalue weighted by molar-refractivity contribution is 5.71. The van der Waals surface area contributed by atoms with Crippen molar-refractivity contribution in [1.82, 2.24) is 14.5 Å². The summed E-state index contributed by atoms with van der Waals surface area (Å²) < 4.78 is 7.36. The zero-order valence-electron chi connectivity index (χ0n) is 12.0. The largest absolute Gasteiger partial charge is 0.444 e. The molecule has 0 spiro atoms. The van der Waals surface area contributed by atoms with E-state index in [1.54, 1.807) is 11.2 Å². The van der Waals surface area contributed by atoms with Crippen LogP contribution in [0.2, 0.25) is 0 Å². The predicted molar refractivity (Wildman–Crippen MR) is 73.6 cm³/mol. The van der Waals surface area contributed by atoms with E-state index in [-0.39, 0.29) is 6.09 Å². The van der Waals surface area contributed by atoms with Gasteiger partial charge in [0.15, 0.2) is 0 Å². The van der Waals surface area contributed by atoms with Gasteiger partial charge in [0.2, 0.25) is 0 Å². The lowest BCUT2D eigenvalue weighted by molar-refractivity contribution is 0.0270. The number of aromatic nitrogens is 2. The Balaban J connectivity index is 2.00. The topological polar surface area (TPSA) is 47.4 Å². The molecule has 19 heavy (non-hydrogen) atoms. The number of carbonyl (C=O) groups excluding carboxylic acids is 1. The number of rotatable bonds is 1. The molecule has 0 bridgehead atoms. The molecular formula is C14H21N3O2. The van der Waals surface area contributed by atoms with Crippen molar-refractivity contribution >= 4 is 11.7 Å². The van der Waals surface area contributed by atoms with E-state index in [0.717, 1.165) is 12.1 Å². The zero-order valence-corrected chi connectivity index (χ0v) is 12.0. The van der Waals surface area contributed by atoms with Crippen LogP contribution in [0.5, 0.6) is 0 Å². The molecule has 0 aromatic carbocycles. The van der Waals surface area contributed by atoms with Gasteiger partial charge in [0, 0.05) is 20.1 Å². The first kappa shape index (κ1) is 13.6. The lowest BCUT2D eigenvalue weighted by Gasteiger charge is -2.29. The fraction of sp³-hybridized carbons (Fsp3) is 0.571. The molecule has 0 N–H and O–H groups in total. The molecular weight excluding hydrogens is 242 g/mol. The van der Waals surface area contributed by atoms with Crippen molar-refractivity contribution in [3.63, 3.8) is 0 Å². The summed E-state index contributed by atoms with van der Waals surface area (Å²) in [5, 5.41) is 0. The molecule has 2 heterocycles. The van der Waals surface area contributed by atoms with Crippen molar-refractivity contribution in [2.45, 2.75) is 32.8 Å². The van der Waals surface area contributed by atoms with E-state index in [0.29, 0.717) is 13.1 Å². The van der Waals surface area contributed by atoms with Crippen molar-refractivity contribution in [2.75, 3.05) is 13.1 Å². The summed E-state index contributed by atoms with van der Waals surface area (Å²) in [4.78, 5) is 17.8. The van der Waals surface area contributed by atoms with Gasteiger partial charge in [-0.25, -0.2) is 9.78 Å². The Labute approximate surface area is 113 Å². The molecule has 0 atom stereocenters. The van der Waals surface area contributed by atoms with Gasteiger partial charge >= 0.3 is 6.09 Å². The standard InChI is InChI=1S/C14H21N3O2/c1-14(2,3)19-13(18)17-7-5-11(6-8-17)12-9-15-10-16(12)4/h5,9-10H,6-8H2,1-4H3. The van der Waals surface area contributed by atoms with Crippen LogP contribution in [0.1, 0.15) is 32.9 Å². The average Bonchev–Trinajstić information content (AvgIpc) is 2.73. The second kappa shape index (κ2) is 5.07. The van der Waals surface area contributed by atoms with Crippen LogP contribution in [0.25, 0.3) is 5.57 Å². The normalized spacial score (nSPS) is 16.2. The average molecular weight is 263 g/mol. The van der Waals surface area contributed by atoms with Gasteiger partial charge in [-0.05, 0) is 32.8 Å². The van der Waals surface area contributed by atoms with E-state index in [1.807, 2.05) is 38.6 Å². The van der Waals surface area contributed by atoms with Crippen LogP contribution in [-0.4, -0.2) is 39.2 Å². The van der Waals surface area contributed by atoms with Crippen molar-refractivity contribution in [2.24, 2.45) is 7.05 Å². The number of amides is 1. The molecule has 0 saturated heterocycles. The predicted octanol–water partition coefficient (Wildman–Crippen LogP) is 2.44. The van der Waals surface area contributed by atoms with Crippen LogP contribution >= 0.6 is 0 Å². The number of carbonyl (C=O) groups is 1. The van der Waals surface area contributed by atoms with E-state index < -0.39 is 5.60 Å². The molecule has 0 aliphatic carbocycles. The summed E-state index contributed by atoms with van der Waals surface area (Å²) in [7, 11) is 1.98. The molecule has 0 radical (unpaired) electrons. The van der Waals surface area contributed by atoms with Crippen LogP contribution < -0.4 is 0 Å². The van der Waals surface area contributed by atoms with E-state index in [2.05, 4.69) is 11.1 Å². The minimum atomic E-state index is -0.441. The first-order chi connectivity index (χ1) is 8.87. The lowest BCUT2D eigenvalue weighted by Crippen LogP contribution is -2.39. The van der Waals surface area contributed by atoms with Crippen LogP contribution in [0.4, 0.5) is 4.79 Å². The van der Waals surface area contributed by atoms with E-state index in [1.165, 1.54) is 5.57 Å². The van der Waals surface area contributed by atoms with Gasteiger partial charge in [-0.1, -0.05) is 6.08 Å². The van der Waals surface area contributed by atoms with Gasteiger partial charge in [0.05, 0.1) is 18.2 Å². The molecule has 2 rings (SSSR count). The molecule has 1 aromatic heterocycles. The first-order valence-corrected chi connectivity index (χ1v) is 6.50. The van der Waals surface area contributed by atoms with Crippen molar-refractivity contribution in [3.8, 4) is 0 Å². The second-order valence-corrected chi connectivity index (χ2v) is 5.80. The quantitative estimate of drug-likeness (QED) is 0.782. The summed E-state index contributed by atoms with van der Waals surface area (Å²) in [6, 6.07) is 0. The van der Waals surface area contributed by atoms with Crippen LogP contribution in [0.3, 0.4) is 0 Å². The fourth-order valence-corrected chi connectivity index (χ4v) is 2.06. The molecule has 1 aromatic rings. The van der Waals surface area contributed by atoms with Crippen molar-refractivity contribution in [3.05, 3.63) is 24.3 Å². The third-order valence-corrected chi connectivity index (χ3v) is 3.01. The maximum atomic E-state index is 11.9. The van der Waals surface area contributed by atoms with Gasteiger partial charge in [-0.15, -0.1) is 0 Å². The number of nitrogens with zero attached hydrogens (tertiary/aromatic N) is 3. The van der Waals surface area contributed by atoms with E-state index >= 15 is 0 Å². The van der Waals surface area contributed by atoms with Gasteiger partial charge in [-0.3, -0.25) is 0 Å². The molecule has 0 fully saturated rings. The van der Waals surface area contributed by atoms with Crippen LogP contribution in [0.15, 0.2) is 18.6 Å². The molecule has 1 aliphatic rings. The molecule has 5 nitrogen and oxygen atoms in total. The number of aryl methyl sites for hydroxylation is 1. The molecule has 5 heteroatoms. The summed E-state index contributed by atoms with van der Waals surface area (Å²) in [5.41, 5.74) is 1.91. The van der Waals surface area contributed by atoms with Crippen LogP contribution in [0, 0.1) is 0 Å². The van der Waals surface area contributed by atoms with E-state index in [9.17, 15) is 4.79 Å². The summed E-state index contributed by atoms with van der Waals surface area (Å²) >= 11 is 0. The van der Waals surface area contributed by atoms with Gasteiger partial charge in [-0.2, -0.15) is 0 Å². The fourth-order valence-electron chi connectivity index (χ4n) is 2.06. The number of hydrogen-bond acceptors (Lipinski definition) is 3. The molecule has 1 amide bonds. The summed E-state index contributed by atoms with van der Waals surface area (Å²) in [5.74, 6) is 0. The lowest BCUT2D eigenvalue weighted by atomic mass is 10.1.